The first-order valence-corrected chi connectivity index (χ1v) is 9.97. The molecule has 1 atom stereocenters. The number of aryl methyl sites for hydroxylation is 1. The van der Waals surface area contributed by atoms with Crippen molar-refractivity contribution in [1.29, 1.82) is 0 Å². The van der Waals surface area contributed by atoms with Crippen LogP contribution < -0.4 is 16.0 Å². The van der Waals surface area contributed by atoms with Crippen molar-refractivity contribution in [3.63, 3.8) is 0 Å². The molecule has 3 N–H and O–H groups in total. The van der Waals surface area contributed by atoms with Crippen molar-refractivity contribution >= 4 is 17.9 Å². The molecule has 148 valence electrons. The molecule has 3 aliphatic rings. The largest absolute Gasteiger partial charge is 0.368 e. The molecule has 2 aromatic rings. The van der Waals surface area contributed by atoms with E-state index in [1.165, 1.54) is 0 Å². The minimum Gasteiger partial charge on any atom is -0.368 e. The molecule has 5 rings (SSSR count). The molecule has 1 unspecified atom stereocenters. The molecule has 0 spiro atoms. The van der Waals surface area contributed by atoms with Gasteiger partial charge in [0.1, 0.15) is 11.6 Å². The average Bonchev–Trinajstić information content (AvgIpc) is 3.46. The van der Waals surface area contributed by atoms with Crippen LogP contribution in [0.15, 0.2) is 12.4 Å². The van der Waals surface area contributed by atoms with Crippen molar-refractivity contribution in [2.45, 2.75) is 44.2 Å². The molecule has 10 heteroatoms. The lowest BCUT2D eigenvalue weighted by Gasteiger charge is -2.36. The van der Waals surface area contributed by atoms with E-state index in [-0.39, 0.29) is 18.0 Å². The second-order valence-corrected chi connectivity index (χ2v) is 7.78. The minimum absolute atomic E-state index is 0.00140. The molecule has 28 heavy (non-hydrogen) atoms. The van der Waals surface area contributed by atoms with Gasteiger partial charge in [0, 0.05) is 63.5 Å². The quantitative estimate of drug-likeness (QED) is 0.786. The fourth-order valence-corrected chi connectivity index (χ4v) is 3.91. The van der Waals surface area contributed by atoms with Crippen LogP contribution >= 0.6 is 0 Å². The Kier molecular flexibility index (Phi) is 4.25. The minimum atomic E-state index is -0.00140. The van der Waals surface area contributed by atoms with Crippen molar-refractivity contribution in [1.82, 2.24) is 34.7 Å². The molecule has 2 fully saturated rings. The SMILES string of the molecule is Nc1nc(C2CC2)nc(N2CCN(C(=O)NC3CCn4ccnc4C3)CC2)n1. The summed E-state index contributed by atoms with van der Waals surface area (Å²) in [6, 6.07) is 0.142. The van der Waals surface area contributed by atoms with E-state index < -0.39 is 0 Å². The number of fused-ring (bicyclic) bond motifs is 1. The Balaban J connectivity index is 1.16. The van der Waals surface area contributed by atoms with Gasteiger partial charge in [0.25, 0.3) is 0 Å². The van der Waals surface area contributed by atoms with Gasteiger partial charge in [-0.05, 0) is 19.3 Å². The van der Waals surface area contributed by atoms with Crippen molar-refractivity contribution < 1.29 is 4.79 Å². The highest BCUT2D eigenvalue weighted by atomic mass is 16.2. The number of carbonyl (C=O) groups is 1. The molecule has 4 heterocycles. The van der Waals surface area contributed by atoms with Crippen LogP contribution in [0, 0.1) is 0 Å². The first kappa shape index (κ1) is 17.2. The first-order valence-electron chi connectivity index (χ1n) is 9.97. The highest BCUT2D eigenvalue weighted by Gasteiger charge is 2.30. The summed E-state index contributed by atoms with van der Waals surface area (Å²) in [6.45, 7) is 3.55. The number of imidazole rings is 1. The van der Waals surface area contributed by atoms with Gasteiger partial charge < -0.3 is 25.4 Å². The molecule has 1 aliphatic carbocycles. The van der Waals surface area contributed by atoms with Crippen molar-refractivity contribution in [2.75, 3.05) is 36.8 Å². The monoisotopic (exact) mass is 383 g/mol. The maximum Gasteiger partial charge on any atom is 0.317 e. The van der Waals surface area contributed by atoms with E-state index in [1.807, 2.05) is 17.3 Å². The number of rotatable bonds is 3. The number of piperazine rings is 1. The number of hydrogen-bond donors (Lipinski definition) is 2. The van der Waals surface area contributed by atoms with Gasteiger partial charge >= 0.3 is 6.03 Å². The normalized spacial score (nSPS) is 22.1. The summed E-state index contributed by atoms with van der Waals surface area (Å²) in [4.78, 5) is 34.1. The molecule has 0 bridgehead atoms. The Morgan fingerprint density at radius 2 is 1.89 bits per heavy atom. The second kappa shape index (κ2) is 6.92. The van der Waals surface area contributed by atoms with Crippen LogP contribution in [0.2, 0.25) is 0 Å². The van der Waals surface area contributed by atoms with Gasteiger partial charge in [-0.1, -0.05) is 0 Å². The van der Waals surface area contributed by atoms with Crippen LogP contribution in [0.3, 0.4) is 0 Å². The fraction of sp³-hybridized carbons (Fsp3) is 0.611. The van der Waals surface area contributed by atoms with Crippen LogP contribution in [0.1, 0.15) is 36.8 Å². The predicted octanol–water partition coefficient (Wildman–Crippen LogP) is 0.374. The summed E-state index contributed by atoms with van der Waals surface area (Å²) < 4.78 is 2.15. The van der Waals surface area contributed by atoms with Crippen molar-refractivity contribution in [2.24, 2.45) is 0 Å². The lowest BCUT2D eigenvalue weighted by Crippen LogP contribution is -2.54. The van der Waals surface area contributed by atoms with Gasteiger partial charge in [-0.3, -0.25) is 0 Å². The number of nitrogens with zero attached hydrogens (tertiary/aromatic N) is 7. The molecule has 2 aliphatic heterocycles. The number of anilines is 2. The van der Waals surface area contributed by atoms with E-state index in [4.69, 9.17) is 5.73 Å². The number of nitrogen functional groups attached to an aromatic ring is 1. The van der Waals surface area contributed by atoms with Gasteiger partial charge in [-0.2, -0.15) is 15.0 Å². The summed E-state index contributed by atoms with van der Waals surface area (Å²) in [5, 5.41) is 3.17. The van der Waals surface area contributed by atoms with E-state index in [0.29, 0.717) is 38.0 Å². The summed E-state index contributed by atoms with van der Waals surface area (Å²) in [5.41, 5.74) is 5.87. The van der Waals surface area contributed by atoms with Crippen LogP contribution in [-0.4, -0.2) is 67.7 Å². The van der Waals surface area contributed by atoms with Gasteiger partial charge in [0.05, 0.1) is 0 Å². The van der Waals surface area contributed by atoms with Gasteiger partial charge in [-0.25, -0.2) is 9.78 Å². The topological polar surface area (TPSA) is 118 Å². The zero-order valence-corrected chi connectivity index (χ0v) is 15.8. The second-order valence-electron chi connectivity index (χ2n) is 7.78. The maximum absolute atomic E-state index is 12.7. The third-order valence-electron chi connectivity index (χ3n) is 5.73. The van der Waals surface area contributed by atoms with Crippen LogP contribution in [0.4, 0.5) is 16.7 Å². The highest BCUT2D eigenvalue weighted by molar-refractivity contribution is 5.75. The smallest absolute Gasteiger partial charge is 0.317 e. The van der Waals surface area contributed by atoms with Gasteiger partial charge in [-0.15, -0.1) is 0 Å². The van der Waals surface area contributed by atoms with Crippen LogP contribution in [0.25, 0.3) is 0 Å². The highest BCUT2D eigenvalue weighted by Crippen LogP contribution is 2.38. The average molecular weight is 383 g/mol. The molecule has 10 nitrogen and oxygen atoms in total. The number of hydrogen-bond acceptors (Lipinski definition) is 7. The number of nitrogens with two attached hydrogens (primary N) is 1. The lowest BCUT2D eigenvalue weighted by atomic mass is 10.1. The Bertz CT molecular complexity index is 870. The summed E-state index contributed by atoms with van der Waals surface area (Å²) in [6.07, 6.45) is 7.78. The Hall–Kier alpha value is -2.91. The number of amides is 2. The van der Waals surface area contributed by atoms with E-state index >= 15 is 0 Å². The van der Waals surface area contributed by atoms with Crippen molar-refractivity contribution in [3.05, 3.63) is 24.0 Å². The Labute approximate surface area is 163 Å². The van der Waals surface area contributed by atoms with Crippen molar-refractivity contribution in [3.8, 4) is 0 Å². The third kappa shape index (κ3) is 3.46. The Morgan fingerprint density at radius 3 is 2.68 bits per heavy atom. The van der Waals surface area contributed by atoms with E-state index in [9.17, 15) is 4.79 Å². The molecule has 1 saturated carbocycles. The fourth-order valence-electron chi connectivity index (χ4n) is 3.91. The number of aromatic nitrogens is 5. The van der Waals surface area contributed by atoms with E-state index in [0.717, 1.165) is 43.9 Å². The molecule has 2 aromatic heterocycles. The van der Waals surface area contributed by atoms with E-state index in [1.54, 1.807) is 0 Å². The molecular weight excluding hydrogens is 358 g/mol. The first-order chi connectivity index (χ1) is 13.7. The summed E-state index contributed by atoms with van der Waals surface area (Å²) in [7, 11) is 0. The summed E-state index contributed by atoms with van der Waals surface area (Å²) in [5.74, 6) is 3.19. The van der Waals surface area contributed by atoms with Gasteiger partial charge in [0.2, 0.25) is 11.9 Å². The van der Waals surface area contributed by atoms with E-state index in [2.05, 4.69) is 34.7 Å². The maximum atomic E-state index is 12.7. The third-order valence-corrected chi connectivity index (χ3v) is 5.73. The predicted molar refractivity (Wildman–Crippen MR) is 103 cm³/mol. The molecule has 1 saturated heterocycles. The summed E-state index contributed by atoms with van der Waals surface area (Å²) >= 11 is 0. The van der Waals surface area contributed by atoms with Crippen LogP contribution in [-0.2, 0) is 13.0 Å². The standard InChI is InChI=1S/C18H25N9O/c19-16-22-15(12-1-2-12)23-17(24-16)26-7-9-27(10-8-26)18(28)21-13-3-5-25-6-4-20-14(25)11-13/h4,6,12-13H,1-3,5,7-11H2,(H,21,28)(H2,19,22,23,24). The van der Waals surface area contributed by atoms with Crippen LogP contribution in [0.5, 0.6) is 0 Å². The molecule has 2 amide bonds. The molecule has 0 radical (unpaired) electrons. The number of urea groups is 1. The lowest BCUT2D eigenvalue weighted by molar-refractivity contribution is 0.187. The number of nitrogens with one attached hydrogen (secondary N) is 1. The number of carbonyl (C=O) groups excluding carboxylic acids is 1. The molecule has 0 aromatic carbocycles. The zero-order chi connectivity index (χ0) is 19.1. The molecular formula is C18H25N9O. The van der Waals surface area contributed by atoms with Gasteiger partial charge in [0.15, 0.2) is 0 Å². The zero-order valence-electron chi connectivity index (χ0n) is 15.8. The Morgan fingerprint density at radius 1 is 1.07 bits per heavy atom.